The fourth-order valence-electron chi connectivity index (χ4n) is 4.27. The Labute approximate surface area is 197 Å². The lowest BCUT2D eigenvalue weighted by Gasteiger charge is -2.34. The number of nitrogens with one attached hydrogen (secondary N) is 1. The summed E-state index contributed by atoms with van der Waals surface area (Å²) in [5, 5.41) is 13.8. The molecule has 0 aliphatic carbocycles. The van der Waals surface area contributed by atoms with Gasteiger partial charge in [-0.1, -0.05) is 13.0 Å². The predicted molar refractivity (Wildman–Crippen MR) is 129 cm³/mol. The van der Waals surface area contributed by atoms with Gasteiger partial charge in [0.05, 0.1) is 22.5 Å². The van der Waals surface area contributed by atoms with Gasteiger partial charge in [0.1, 0.15) is 5.82 Å². The number of carbonyl (C=O) groups excluding carboxylic acids is 2. The first-order valence-electron chi connectivity index (χ1n) is 11.4. The first kappa shape index (κ1) is 23.4. The third kappa shape index (κ3) is 4.91. The molecule has 0 atom stereocenters. The molecule has 2 amide bonds. The Balaban J connectivity index is 1.49. The van der Waals surface area contributed by atoms with Crippen molar-refractivity contribution in [3.05, 3.63) is 64.0 Å². The molecule has 1 aromatic heterocycles. The third-order valence-electron chi connectivity index (χ3n) is 6.11. The van der Waals surface area contributed by atoms with E-state index < -0.39 is 10.8 Å². The van der Waals surface area contributed by atoms with Crippen molar-refractivity contribution in [1.29, 1.82) is 0 Å². The Kier molecular flexibility index (Phi) is 6.87. The Morgan fingerprint density at radius 1 is 1.09 bits per heavy atom. The van der Waals surface area contributed by atoms with Crippen LogP contribution in [-0.4, -0.2) is 62.3 Å². The fraction of sp³-hybridized carbons (Fsp3) is 0.375. The highest BCUT2D eigenvalue weighted by atomic mass is 16.6. The average Bonchev–Trinajstić information content (AvgIpc) is 3.20. The van der Waals surface area contributed by atoms with Crippen LogP contribution in [0, 0.1) is 10.1 Å². The van der Waals surface area contributed by atoms with Gasteiger partial charge in [0.2, 0.25) is 5.91 Å². The molecule has 0 bridgehead atoms. The Morgan fingerprint density at radius 3 is 2.53 bits per heavy atom. The number of hydrogen-bond acceptors (Lipinski definition) is 6. The molecule has 34 heavy (non-hydrogen) atoms. The smallest absolute Gasteiger partial charge is 0.270 e. The van der Waals surface area contributed by atoms with Gasteiger partial charge in [-0.15, -0.1) is 0 Å². The lowest BCUT2D eigenvalue weighted by Crippen LogP contribution is -2.48. The predicted octanol–water partition coefficient (Wildman–Crippen LogP) is 3.27. The summed E-state index contributed by atoms with van der Waals surface area (Å²) in [4.78, 5) is 44.0. The number of nitro groups is 1. The second-order valence-electron chi connectivity index (χ2n) is 8.25. The van der Waals surface area contributed by atoms with Crippen LogP contribution in [0.25, 0.3) is 11.0 Å². The molecule has 3 aromatic rings. The summed E-state index contributed by atoms with van der Waals surface area (Å²) in [6.45, 7) is 8.48. The molecule has 1 aliphatic rings. The Bertz CT molecular complexity index is 1230. The van der Waals surface area contributed by atoms with Crippen LogP contribution in [0.2, 0.25) is 0 Å². The van der Waals surface area contributed by atoms with Crippen LogP contribution in [-0.2, 0) is 17.9 Å². The van der Waals surface area contributed by atoms with Crippen molar-refractivity contribution in [3.63, 3.8) is 0 Å². The zero-order chi connectivity index (χ0) is 24.2. The highest BCUT2D eigenvalue weighted by Gasteiger charge is 2.22. The third-order valence-corrected chi connectivity index (χ3v) is 6.11. The summed E-state index contributed by atoms with van der Waals surface area (Å²) in [5.74, 6) is 0.716. The zero-order valence-corrected chi connectivity index (χ0v) is 19.4. The van der Waals surface area contributed by atoms with Crippen molar-refractivity contribution in [2.24, 2.45) is 0 Å². The highest BCUT2D eigenvalue weighted by molar-refractivity contribution is 6.05. The number of aromatic nitrogens is 2. The monoisotopic (exact) mass is 464 g/mol. The minimum atomic E-state index is -0.525. The van der Waals surface area contributed by atoms with E-state index in [9.17, 15) is 19.7 Å². The van der Waals surface area contributed by atoms with E-state index in [-0.39, 0.29) is 17.2 Å². The molecule has 0 spiro atoms. The van der Waals surface area contributed by atoms with E-state index in [0.717, 1.165) is 49.6 Å². The molecule has 178 valence electrons. The SMILES string of the molecule is CCC(=O)N1CCN(Cc2nc3cc(NC(=O)c4cccc([N+](=O)[O-])c4)ccc3n2CC)CC1. The van der Waals surface area contributed by atoms with E-state index >= 15 is 0 Å². The van der Waals surface area contributed by atoms with E-state index in [1.165, 1.54) is 18.2 Å². The van der Waals surface area contributed by atoms with E-state index in [2.05, 4.69) is 21.7 Å². The number of benzene rings is 2. The number of hydrogen-bond donors (Lipinski definition) is 1. The quantitative estimate of drug-likeness (QED) is 0.424. The number of rotatable bonds is 7. The van der Waals surface area contributed by atoms with Crippen LogP contribution in [0.15, 0.2) is 42.5 Å². The molecule has 1 fully saturated rings. The molecule has 2 heterocycles. The molecule has 1 N–H and O–H groups in total. The maximum absolute atomic E-state index is 12.6. The summed E-state index contributed by atoms with van der Waals surface area (Å²) in [6, 6.07) is 11.2. The van der Waals surface area contributed by atoms with E-state index in [4.69, 9.17) is 4.98 Å². The summed E-state index contributed by atoms with van der Waals surface area (Å²) in [7, 11) is 0. The van der Waals surface area contributed by atoms with Gasteiger partial charge in [0.15, 0.2) is 0 Å². The Hall–Kier alpha value is -3.79. The molecule has 10 nitrogen and oxygen atoms in total. The number of piperazine rings is 1. The maximum atomic E-state index is 12.6. The van der Waals surface area contributed by atoms with Gasteiger partial charge in [0, 0.05) is 62.5 Å². The van der Waals surface area contributed by atoms with Gasteiger partial charge < -0.3 is 14.8 Å². The second kappa shape index (κ2) is 10.0. The minimum Gasteiger partial charge on any atom is -0.340 e. The van der Waals surface area contributed by atoms with Crippen molar-refractivity contribution in [2.45, 2.75) is 33.4 Å². The van der Waals surface area contributed by atoms with Gasteiger partial charge in [0.25, 0.3) is 11.6 Å². The molecule has 2 aromatic carbocycles. The van der Waals surface area contributed by atoms with Crippen molar-refractivity contribution in [2.75, 3.05) is 31.5 Å². The van der Waals surface area contributed by atoms with E-state index in [0.29, 0.717) is 18.7 Å². The number of non-ortho nitro benzene ring substituents is 1. The van der Waals surface area contributed by atoms with Crippen molar-refractivity contribution in [3.8, 4) is 0 Å². The number of imidazole rings is 1. The molecule has 1 aliphatic heterocycles. The number of carbonyl (C=O) groups is 2. The maximum Gasteiger partial charge on any atom is 0.270 e. The van der Waals surface area contributed by atoms with Gasteiger partial charge >= 0.3 is 0 Å². The van der Waals surface area contributed by atoms with Crippen molar-refractivity contribution >= 4 is 34.2 Å². The zero-order valence-electron chi connectivity index (χ0n) is 19.4. The number of aryl methyl sites for hydroxylation is 1. The standard InChI is InChI=1S/C24H28N6O4/c1-3-23(31)28-12-10-27(11-13-28)16-22-26-20-15-18(8-9-21(20)29(22)4-2)25-24(32)17-6-5-7-19(14-17)30(33)34/h5-9,14-15H,3-4,10-13,16H2,1-2H3,(H,25,32). The lowest BCUT2D eigenvalue weighted by atomic mass is 10.2. The molecule has 0 saturated carbocycles. The normalized spacial score (nSPS) is 14.4. The van der Waals surface area contributed by atoms with Crippen LogP contribution in [0.5, 0.6) is 0 Å². The molecular weight excluding hydrogens is 436 g/mol. The minimum absolute atomic E-state index is 0.130. The highest BCUT2D eigenvalue weighted by Crippen LogP contribution is 2.23. The number of amides is 2. The summed E-state index contributed by atoms with van der Waals surface area (Å²) < 4.78 is 2.16. The second-order valence-corrected chi connectivity index (χ2v) is 8.25. The van der Waals surface area contributed by atoms with Crippen molar-refractivity contribution in [1.82, 2.24) is 19.4 Å². The van der Waals surface area contributed by atoms with Crippen molar-refractivity contribution < 1.29 is 14.5 Å². The van der Waals surface area contributed by atoms with Crippen LogP contribution in [0.4, 0.5) is 11.4 Å². The lowest BCUT2D eigenvalue weighted by molar-refractivity contribution is -0.384. The van der Waals surface area contributed by atoms with E-state index in [1.807, 2.05) is 30.0 Å². The molecule has 0 unspecified atom stereocenters. The molecule has 10 heteroatoms. The first-order valence-corrected chi connectivity index (χ1v) is 11.4. The first-order chi connectivity index (χ1) is 16.4. The van der Waals surface area contributed by atoms with Gasteiger partial charge in [-0.05, 0) is 31.2 Å². The molecular formula is C24H28N6O4. The van der Waals surface area contributed by atoms with Gasteiger partial charge in [-0.3, -0.25) is 24.6 Å². The summed E-state index contributed by atoms with van der Waals surface area (Å²) >= 11 is 0. The van der Waals surface area contributed by atoms with Crippen LogP contribution < -0.4 is 5.32 Å². The molecule has 0 radical (unpaired) electrons. The number of nitrogens with zero attached hydrogens (tertiary/aromatic N) is 5. The topological polar surface area (TPSA) is 114 Å². The van der Waals surface area contributed by atoms with Crippen LogP contribution >= 0.6 is 0 Å². The number of fused-ring (bicyclic) bond motifs is 1. The fourth-order valence-corrected chi connectivity index (χ4v) is 4.27. The van der Waals surface area contributed by atoms with E-state index in [1.54, 1.807) is 6.07 Å². The number of nitro benzene ring substituents is 1. The molecule has 1 saturated heterocycles. The summed E-state index contributed by atoms with van der Waals surface area (Å²) in [6.07, 6.45) is 0.533. The molecule has 4 rings (SSSR count). The van der Waals surface area contributed by atoms with Gasteiger partial charge in [-0.25, -0.2) is 4.98 Å². The van der Waals surface area contributed by atoms with Crippen LogP contribution in [0.3, 0.4) is 0 Å². The largest absolute Gasteiger partial charge is 0.340 e. The average molecular weight is 465 g/mol. The Morgan fingerprint density at radius 2 is 1.85 bits per heavy atom. The summed E-state index contributed by atoms with van der Waals surface area (Å²) in [5.41, 5.74) is 2.41. The number of anilines is 1. The van der Waals surface area contributed by atoms with Crippen LogP contribution in [0.1, 0.15) is 36.5 Å². The van der Waals surface area contributed by atoms with Gasteiger partial charge in [-0.2, -0.15) is 0 Å².